The van der Waals surface area contributed by atoms with E-state index in [-0.39, 0.29) is 5.91 Å². The minimum atomic E-state index is -0.0145. The first-order chi connectivity index (χ1) is 8.93. The van der Waals surface area contributed by atoms with Gasteiger partial charge in [-0.2, -0.15) is 5.10 Å². The third-order valence-corrected chi connectivity index (χ3v) is 4.36. The molecule has 5 heteroatoms. The first-order valence-corrected chi connectivity index (χ1v) is 6.99. The number of amides is 1. The number of aromatic nitrogens is 2. The van der Waals surface area contributed by atoms with Crippen LogP contribution >= 0.6 is 0 Å². The van der Waals surface area contributed by atoms with E-state index in [2.05, 4.69) is 12.0 Å². The Morgan fingerprint density at radius 3 is 2.58 bits per heavy atom. The van der Waals surface area contributed by atoms with Gasteiger partial charge in [-0.25, -0.2) is 0 Å². The molecule has 1 aliphatic carbocycles. The largest absolute Gasteiger partial charge is 0.395 e. The van der Waals surface area contributed by atoms with Gasteiger partial charge in [0.15, 0.2) is 0 Å². The lowest BCUT2D eigenvalue weighted by Gasteiger charge is -2.36. The molecule has 1 amide bonds. The molecule has 106 valence electrons. The highest BCUT2D eigenvalue weighted by Gasteiger charge is 2.30. The molecule has 19 heavy (non-hydrogen) atoms. The second kappa shape index (κ2) is 5.23. The molecule has 2 atom stereocenters. The molecular formula is C14H24N4O. The van der Waals surface area contributed by atoms with Crippen molar-refractivity contribution in [1.29, 1.82) is 0 Å². The van der Waals surface area contributed by atoms with Gasteiger partial charge in [0.05, 0.1) is 11.4 Å². The SMILES string of the molecule is Cc1nn(C)c(C(=O)N(C)C2CCCCC2C)c1N. The summed E-state index contributed by atoms with van der Waals surface area (Å²) in [7, 11) is 3.66. The molecule has 5 nitrogen and oxygen atoms in total. The van der Waals surface area contributed by atoms with Crippen molar-refractivity contribution >= 4 is 11.6 Å². The Labute approximate surface area is 114 Å². The summed E-state index contributed by atoms with van der Waals surface area (Å²) in [6.45, 7) is 4.06. The van der Waals surface area contributed by atoms with Gasteiger partial charge in [-0.1, -0.05) is 19.8 Å². The zero-order chi connectivity index (χ0) is 14.2. The third-order valence-electron chi connectivity index (χ3n) is 4.36. The summed E-state index contributed by atoms with van der Waals surface area (Å²) in [6.07, 6.45) is 4.75. The highest BCUT2D eigenvalue weighted by atomic mass is 16.2. The van der Waals surface area contributed by atoms with E-state index in [4.69, 9.17) is 5.73 Å². The Morgan fingerprint density at radius 2 is 2.05 bits per heavy atom. The molecule has 1 aromatic rings. The van der Waals surface area contributed by atoms with Gasteiger partial charge in [-0.15, -0.1) is 0 Å². The van der Waals surface area contributed by atoms with E-state index in [1.165, 1.54) is 19.3 Å². The molecule has 1 aromatic heterocycles. The number of nitrogen functional groups attached to an aromatic ring is 1. The molecule has 1 saturated carbocycles. The summed E-state index contributed by atoms with van der Waals surface area (Å²) in [5.74, 6) is 0.539. The van der Waals surface area contributed by atoms with Crippen LogP contribution in [0.1, 0.15) is 48.8 Å². The zero-order valence-electron chi connectivity index (χ0n) is 12.3. The van der Waals surface area contributed by atoms with Gasteiger partial charge in [-0.05, 0) is 25.7 Å². The van der Waals surface area contributed by atoms with Crippen molar-refractivity contribution in [3.63, 3.8) is 0 Å². The van der Waals surface area contributed by atoms with Crippen LogP contribution in [0.15, 0.2) is 0 Å². The Morgan fingerprint density at radius 1 is 1.42 bits per heavy atom. The second-order valence-electron chi connectivity index (χ2n) is 5.72. The van der Waals surface area contributed by atoms with Crippen LogP contribution < -0.4 is 5.73 Å². The van der Waals surface area contributed by atoms with Gasteiger partial charge in [0.2, 0.25) is 0 Å². The molecule has 1 heterocycles. The van der Waals surface area contributed by atoms with Crippen LogP contribution in [-0.2, 0) is 7.05 Å². The average Bonchev–Trinajstić information content (AvgIpc) is 2.62. The molecule has 0 radical (unpaired) electrons. The number of rotatable bonds is 2. The summed E-state index contributed by atoms with van der Waals surface area (Å²) >= 11 is 0. The zero-order valence-corrected chi connectivity index (χ0v) is 12.3. The number of hydrogen-bond acceptors (Lipinski definition) is 3. The summed E-state index contributed by atoms with van der Waals surface area (Å²) in [6, 6.07) is 0.316. The first kappa shape index (κ1) is 13.9. The Hall–Kier alpha value is -1.52. The lowest BCUT2D eigenvalue weighted by molar-refractivity contribution is 0.0619. The predicted octanol–water partition coefficient (Wildman–Crippen LogP) is 1.96. The van der Waals surface area contributed by atoms with E-state index >= 15 is 0 Å². The van der Waals surface area contributed by atoms with Crippen LogP contribution in [0.25, 0.3) is 0 Å². The number of nitrogens with zero attached hydrogens (tertiary/aromatic N) is 3. The molecule has 1 aliphatic rings. The predicted molar refractivity (Wildman–Crippen MR) is 75.9 cm³/mol. The molecule has 0 bridgehead atoms. The van der Waals surface area contributed by atoms with E-state index < -0.39 is 0 Å². The van der Waals surface area contributed by atoms with Gasteiger partial charge in [0.1, 0.15) is 5.69 Å². The van der Waals surface area contributed by atoms with Crippen molar-refractivity contribution in [1.82, 2.24) is 14.7 Å². The van der Waals surface area contributed by atoms with Crippen LogP contribution in [0.5, 0.6) is 0 Å². The quantitative estimate of drug-likeness (QED) is 0.888. The van der Waals surface area contributed by atoms with E-state index in [1.807, 2.05) is 18.9 Å². The van der Waals surface area contributed by atoms with E-state index in [0.717, 1.165) is 12.1 Å². The summed E-state index contributed by atoms with van der Waals surface area (Å²) in [5.41, 5.74) is 7.71. The number of carbonyl (C=O) groups excluding carboxylic acids is 1. The van der Waals surface area contributed by atoms with Crippen LogP contribution in [-0.4, -0.2) is 33.7 Å². The number of aryl methyl sites for hydroxylation is 2. The Bertz CT molecular complexity index is 480. The molecule has 0 saturated heterocycles. The first-order valence-electron chi connectivity index (χ1n) is 6.99. The smallest absolute Gasteiger partial charge is 0.274 e. The standard InChI is InChI=1S/C14H24N4O/c1-9-7-5-6-8-11(9)17(3)14(19)13-12(15)10(2)16-18(13)4/h9,11H,5-8,15H2,1-4H3. The van der Waals surface area contributed by atoms with Crippen LogP contribution in [0.3, 0.4) is 0 Å². The number of anilines is 1. The average molecular weight is 264 g/mol. The number of nitrogens with two attached hydrogens (primary N) is 1. The Balaban J connectivity index is 2.23. The molecule has 2 unspecified atom stereocenters. The topological polar surface area (TPSA) is 64.2 Å². The van der Waals surface area contributed by atoms with Gasteiger partial charge in [0, 0.05) is 20.1 Å². The Kier molecular flexibility index (Phi) is 3.83. The maximum Gasteiger partial charge on any atom is 0.274 e. The highest BCUT2D eigenvalue weighted by molar-refractivity contribution is 5.98. The molecule has 0 aliphatic heterocycles. The fourth-order valence-electron chi connectivity index (χ4n) is 3.12. The fourth-order valence-corrected chi connectivity index (χ4v) is 3.12. The molecule has 0 aromatic carbocycles. The minimum absolute atomic E-state index is 0.0145. The van der Waals surface area contributed by atoms with Crippen LogP contribution in [0.4, 0.5) is 5.69 Å². The summed E-state index contributed by atoms with van der Waals surface area (Å²) < 4.78 is 1.59. The van der Waals surface area contributed by atoms with Gasteiger partial charge in [-0.3, -0.25) is 9.48 Å². The normalized spacial score (nSPS) is 23.4. The number of hydrogen-bond donors (Lipinski definition) is 1. The van der Waals surface area contributed by atoms with Crippen LogP contribution in [0, 0.1) is 12.8 Å². The van der Waals surface area contributed by atoms with Crippen molar-refractivity contribution in [3.8, 4) is 0 Å². The molecular weight excluding hydrogens is 240 g/mol. The molecule has 2 rings (SSSR count). The maximum atomic E-state index is 12.6. The minimum Gasteiger partial charge on any atom is -0.395 e. The molecule has 0 spiro atoms. The van der Waals surface area contributed by atoms with E-state index in [9.17, 15) is 4.79 Å². The van der Waals surface area contributed by atoms with Crippen LogP contribution in [0.2, 0.25) is 0 Å². The maximum absolute atomic E-state index is 12.6. The van der Waals surface area contributed by atoms with E-state index in [0.29, 0.717) is 23.3 Å². The van der Waals surface area contributed by atoms with Crippen molar-refractivity contribution < 1.29 is 4.79 Å². The fraction of sp³-hybridized carbons (Fsp3) is 0.714. The van der Waals surface area contributed by atoms with E-state index in [1.54, 1.807) is 11.7 Å². The summed E-state index contributed by atoms with van der Waals surface area (Å²) in [4.78, 5) is 14.5. The van der Waals surface area contributed by atoms with Gasteiger partial charge in [0.25, 0.3) is 5.91 Å². The van der Waals surface area contributed by atoms with Crippen molar-refractivity contribution in [2.75, 3.05) is 12.8 Å². The lowest BCUT2D eigenvalue weighted by Crippen LogP contribution is -2.43. The van der Waals surface area contributed by atoms with Crippen molar-refractivity contribution in [2.24, 2.45) is 13.0 Å². The monoisotopic (exact) mass is 264 g/mol. The van der Waals surface area contributed by atoms with Gasteiger partial charge < -0.3 is 10.6 Å². The second-order valence-corrected chi connectivity index (χ2v) is 5.72. The molecule has 1 fully saturated rings. The molecule has 2 N–H and O–H groups in total. The van der Waals surface area contributed by atoms with Gasteiger partial charge >= 0.3 is 0 Å². The number of carbonyl (C=O) groups is 1. The van der Waals surface area contributed by atoms with Crippen molar-refractivity contribution in [3.05, 3.63) is 11.4 Å². The van der Waals surface area contributed by atoms with Crippen molar-refractivity contribution in [2.45, 2.75) is 45.6 Å². The highest BCUT2D eigenvalue weighted by Crippen LogP contribution is 2.29. The lowest BCUT2D eigenvalue weighted by atomic mass is 9.85. The third kappa shape index (κ3) is 2.46. The summed E-state index contributed by atoms with van der Waals surface area (Å²) in [5, 5.41) is 4.22.